The zero-order chi connectivity index (χ0) is 101. The first kappa shape index (κ1) is 107. The number of nitrogens with zero attached hydrogens (tertiary/aromatic N) is 20. The van der Waals surface area contributed by atoms with Gasteiger partial charge in [-0.05, 0) is 244 Å². The van der Waals surface area contributed by atoms with E-state index in [4.69, 9.17) is 80.7 Å². The van der Waals surface area contributed by atoms with Crippen LogP contribution in [0.15, 0.2) is 65.3 Å². The lowest BCUT2D eigenvalue weighted by molar-refractivity contribution is 0.0359. The molecule has 784 valence electrons. The van der Waals surface area contributed by atoms with Crippen molar-refractivity contribution < 1.29 is 55.8 Å². The lowest BCUT2D eigenvalue weighted by atomic mass is 9.98. The molecule has 37 heteroatoms. The highest BCUT2D eigenvalue weighted by molar-refractivity contribution is 5.75. The van der Waals surface area contributed by atoms with Gasteiger partial charge in [0.15, 0.2) is 29.1 Å². The van der Waals surface area contributed by atoms with E-state index >= 15 is 0 Å². The predicted molar refractivity (Wildman–Crippen MR) is 555 cm³/mol. The van der Waals surface area contributed by atoms with Crippen molar-refractivity contribution in [3.8, 4) is 57.3 Å². The lowest BCUT2D eigenvalue weighted by Gasteiger charge is -2.41. The first-order chi connectivity index (χ1) is 69.9. The summed E-state index contributed by atoms with van der Waals surface area (Å²) in [5.74, 6) is 10.3. The van der Waals surface area contributed by atoms with Gasteiger partial charge in [-0.3, -0.25) is 0 Å². The van der Waals surface area contributed by atoms with Crippen molar-refractivity contribution in [2.24, 2.45) is 0 Å². The molecule has 10 aromatic rings. The second-order valence-corrected chi connectivity index (χ2v) is 41.3. The maximum absolute atomic E-state index is 5.95. The molecule has 3 aliphatic carbocycles. The maximum atomic E-state index is 5.95. The Hall–Kier alpha value is -10.0. The van der Waals surface area contributed by atoms with Gasteiger partial charge in [0.1, 0.15) is 29.1 Å². The minimum absolute atomic E-state index is 0.0901. The summed E-state index contributed by atoms with van der Waals surface area (Å²) in [6, 6.07) is 15.2. The quantitative estimate of drug-likeness (QED) is 0.0332. The van der Waals surface area contributed by atoms with Crippen LogP contribution in [-0.2, 0) is 33.2 Å². The molecule has 37 nitrogen and oxygen atoms in total. The van der Waals surface area contributed by atoms with Crippen LogP contribution in [0.5, 0.6) is 0 Å². The molecule has 10 unspecified atom stereocenters. The molecule has 5 N–H and O–H groups in total. The van der Waals surface area contributed by atoms with Gasteiger partial charge in [0.05, 0.1) is 58.3 Å². The highest BCUT2D eigenvalue weighted by Gasteiger charge is 2.41. The Morgan fingerprint density at radius 3 is 0.694 bits per heavy atom. The molecule has 10 aliphatic rings. The average Bonchev–Trinajstić information content (AvgIpc) is 1.24. The van der Waals surface area contributed by atoms with Gasteiger partial charge in [0, 0.05) is 217 Å². The number of hydrogen-bond donors (Lipinski definition) is 5. The first-order valence-electron chi connectivity index (χ1n) is 53.2. The van der Waals surface area contributed by atoms with Gasteiger partial charge in [-0.25, -0.2) is 24.9 Å². The first-order valence-corrected chi connectivity index (χ1v) is 53.2. The molecule has 10 aromatic heterocycles. The summed E-state index contributed by atoms with van der Waals surface area (Å²) in [5, 5.41) is 39.1. The summed E-state index contributed by atoms with van der Waals surface area (Å²) in [7, 11) is 9.04. The van der Waals surface area contributed by atoms with E-state index in [1.54, 1.807) is 14.2 Å². The summed E-state index contributed by atoms with van der Waals surface area (Å²) < 4.78 is 67.8. The third-order valence-corrected chi connectivity index (χ3v) is 30.7. The van der Waals surface area contributed by atoms with Crippen LogP contribution in [0.25, 0.3) is 57.3 Å². The number of aromatic nitrogens is 15. The minimum atomic E-state index is 0.0901. The fraction of sp³-hybridized carbons (Fsp3) is 0.673. The molecule has 7 aliphatic heterocycles. The molecule has 20 rings (SSSR count). The molecule has 10 atom stereocenters. The highest BCUT2D eigenvalue weighted by Crippen LogP contribution is 2.40. The minimum Gasteiger partial charge on any atom is -0.381 e. The predicted octanol–water partition coefficient (Wildman–Crippen LogP) is 15.3. The van der Waals surface area contributed by atoms with Crippen molar-refractivity contribution in [3.63, 3.8) is 0 Å². The van der Waals surface area contributed by atoms with Crippen molar-refractivity contribution in [2.45, 2.75) is 341 Å². The monoisotopic (exact) mass is 1990 g/mol. The molecule has 7 saturated heterocycles. The number of hydrogen-bond acceptors (Lipinski definition) is 37. The number of methoxy groups -OCH3 is 5. The molecule has 17 heterocycles. The van der Waals surface area contributed by atoms with Crippen LogP contribution in [0.3, 0.4) is 0 Å². The van der Waals surface area contributed by atoms with Crippen molar-refractivity contribution in [1.82, 2.24) is 102 Å². The summed E-state index contributed by atoms with van der Waals surface area (Å²) in [6.07, 6.45) is 35.0. The molecule has 0 radical (unpaired) electrons. The maximum Gasteiger partial charge on any atom is 0.261 e. The number of ether oxygens (including phenoxy) is 7. The van der Waals surface area contributed by atoms with Crippen molar-refractivity contribution in [1.29, 1.82) is 0 Å². The van der Waals surface area contributed by atoms with E-state index in [0.29, 0.717) is 119 Å². The summed E-state index contributed by atoms with van der Waals surface area (Å²) in [5.41, 5.74) is 13.0. The average molecular weight is 1990 g/mol. The molecule has 0 spiro atoms. The van der Waals surface area contributed by atoms with Gasteiger partial charge >= 0.3 is 0 Å². The molecule has 0 aromatic carbocycles. The second kappa shape index (κ2) is 51.5. The summed E-state index contributed by atoms with van der Waals surface area (Å²) in [6.45, 7) is 37.4. The van der Waals surface area contributed by atoms with Crippen LogP contribution >= 0.6 is 0 Å². The Kier molecular flexibility index (Phi) is 38.2. The third-order valence-electron chi connectivity index (χ3n) is 30.7. The van der Waals surface area contributed by atoms with Gasteiger partial charge < -0.3 is 107 Å². The topological polar surface area (TPSA) is 400 Å². The Labute approximate surface area is 850 Å². The number of nitrogens with one attached hydrogen (secondary N) is 5. The van der Waals surface area contributed by atoms with Gasteiger partial charge in [-0.2, -0.15) is 24.9 Å². The van der Waals surface area contributed by atoms with E-state index in [1.807, 2.05) is 96.0 Å². The van der Waals surface area contributed by atoms with E-state index in [2.05, 4.69) is 160 Å². The van der Waals surface area contributed by atoms with Crippen LogP contribution in [0.1, 0.15) is 235 Å². The van der Waals surface area contributed by atoms with Crippen molar-refractivity contribution in [3.05, 3.63) is 117 Å². The number of rotatable bonds is 25. The van der Waals surface area contributed by atoms with E-state index in [-0.39, 0.29) is 30.5 Å². The van der Waals surface area contributed by atoms with Crippen LogP contribution < -0.4 is 51.1 Å². The highest BCUT2D eigenvalue weighted by atomic mass is 16.5. The Morgan fingerprint density at radius 1 is 0.257 bits per heavy atom. The second-order valence-electron chi connectivity index (χ2n) is 41.3. The van der Waals surface area contributed by atoms with Gasteiger partial charge in [0.25, 0.3) is 29.5 Å². The SMILES string of the molecule is COC1CN(c2nc(C)c(C)cc2-c2nc(C)no2)CCC1NC1CCCC1.COC1CN(c2nc(C)c(C)cc2-c2nc(C)no2)CCC1NC1CCCCCC1.COC1CN(c2nc(C)c(C)cc2-c2nc(C)no2)CCC1NC1CCOCC1.COC1CN(c2ncc(C)cc2-c2nc(C)no2)CCC1NC1CCCCCC1.COC1CN(c2ncc(C)cc2-c2nc(C)no2)CCC1NC1CCOCC1. The zero-order valence-electron chi connectivity index (χ0n) is 88.6. The smallest absolute Gasteiger partial charge is 0.261 e. The Bertz CT molecular complexity index is 5660. The van der Waals surface area contributed by atoms with Gasteiger partial charge in [-0.15, -0.1) is 0 Å². The van der Waals surface area contributed by atoms with Gasteiger partial charge in [0.2, 0.25) is 0 Å². The van der Waals surface area contributed by atoms with Crippen LogP contribution in [0.4, 0.5) is 29.1 Å². The lowest BCUT2D eigenvalue weighted by Crippen LogP contribution is -2.56. The summed E-state index contributed by atoms with van der Waals surface area (Å²) >= 11 is 0. The molecule has 10 fully saturated rings. The molecule has 3 saturated carbocycles. The number of piperidine rings is 5. The Morgan fingerprint density at radius 2 is 0.472 bits per heavy atom. The third kappa shape index (κ3) is 27.9. The van der Waals surface area contributed by atoms with E-state index in [1.165, 1.54) is 103 Å². The fourth-order valence-corrected chi connectivity index (χ4v) is 22.2. The van der Waals surface area contributed by atoms with Crippen molar-refractivity contribution >= 4 is 29.1 Å². The van der Waals surface area contributed by atoms with Crippen molar-refractivity contribution in [2.75, 3.05) is 152 Å². The molecule has 0 bridgehead atoms. The fourth-order valence-electron chi connectivity index (χ4n) is 22.2. The number of anilines is 5. The summed E-state index contributed by atoms with van der Waals surface area (Å²) in [4.78, 5) is 57.8. The van der Waals surface area contributed by atoms with E-state index in [0.717, 1.165) is 251 Å². The molecule has 144 heavy (non-hydrogen) atoms. The molecule has 0 amide bonds. The number of aryl methyl sites for hydroxylation is 13. The van der Waals surface area contributed by atoms with Gasteiger partial charge in [-0.1, -0.05) is 90.0 Å². The Balaban J connectivity index is 0.000000129. The zero-order valence-corrected chi connectivity index (χ0v) is 88.6. The van der Waals surface area contributed by atoms with E-state index < -0.39 is 0 Å². The van der Waals surface area contributed by atoms with E-state index in [9.17, 15) is 0 Å². The normalized spacial score (nSPS) is 23.7. The molecular formula is C107H159N25O12. The number of pyridine rings is 5. The molecular weight excluding hydrogens is 1830 g/mol. The van der Waals surface area contributed by atoms with Crippen LogP contribution in [-0.4, -0.2) is 294 Å². The largest absolute Gasteiger partial charge is 0.381 e. The standard InChI is InChI=1S/C23H35N5O2.C22H33N5O2.C21H31N5O3.C21H31N5O2.C20H29N5O3/c1-15-13-19(23-25-17(3)27-30-23)22(24-16(15)2)28-12-11-20(21(14-28)29-4)26-18-9-7-5-6-8-10-18;1-15-12-18(22-24-16(2)26-29-22)21(23-13-15)27-11-10-19(20(14-27)28-3)25-17-8-6-4-5-7-9-17;1-13-11-17(21-23-15(3)25-29-21)20(22-14(13)2)26-8-5-18(19(12-26)27-4)24-16-6-9-28-10-7-16;1-13-11-17(21-23-15(3)25-28-21)20(22-14(13)2)26-10-9-18(19(12-26)27-4)24-16-7-5-6-8-16;1-13-10-16(20-22-14(2)24-28-20)19(21-11-13)25-7-4-17(18(12-25)26-3)23-15-5-8-27-9-6-15/h13,18,20-21,26H,5-12,14H2,1-4H3;12-13,17,19-20,25H,4-11,14H2,1-3H3;11,16,18-19,24H,5-10,12H2,1-4H3;11,16,18-19,24H,5-10,12H2,1-4H3;10-11,15,17-18,23H,4-9,12H2,1-3H3. The van der Waals surface area contributed by atoms with Crippen LogP contribution in [0.2, 0.25) is 0 Å². The van der Waals surface area contributed by atoms with Crippen LogP contribution in [0, 0.1) is 90.0 Å².